The molecule has 1 aliphatic carbocycles. The first kappa shape index (κ1) is 16.3. The molecule has 1 heterocycles. The fraction of sp³-hybridized carbons (Fsp3) is 0.611. The number of phenols is 1. The predicted octanol–water partition coefficient (Wildman–Crippen LogP) is 2.67. The summed E-state index contributed by atoms with van der Waals surface area (Å²) in [5, 5.41) is 12.5. The third-order valence-corrected chi connectivity index (χ3v) is 5.19. The predicted molar refractivity (Wildman–Crippen MR) is 89.7 cm³/mol. The zero-order valence-corrected chi connectivity index (χ0v) is 13.8. The number of benzene rings is 1. The van der Waals surface area contributed by atoms with Crippen LogP contribution in [0.25, 0.3) is 0 Å². The van der Waals surface area contributed by atoms with Crippen molar-refractivity contribution in [1.82, 2.24) is 4.90 Å². The number of aromatic hydroxyl groups is 1. The Hall–Kier alpha value is -1.59. The van der Waals surface area contributed by atoms with Crippen LogP contribution in [0.1, 0.15) is 37.7 Å². The van der Waals surface area contributed by atoms with Crippen molar-refractivity contribution in [3.8, 4) is 5.75 Å². The zero-order valence-electron chi connectivity index (χ0n) is 13.8. The fourth-order valence-electron chi connectivity index (χ4n) is 3.96. The van der Waals surface area contributed by atoms with Gasteiger partial charge in [-0.25, -0.2) is 0 Å². The Labute approximate surface area is 137 Å². The monoisotopic (exact) mass is 318 g/mol. The van der Waals surface area contributed by atoms with Gasteiger partial charge in [0.25, 0.3) is 0 Å². The average Bonchev–Trinajstić information content (AvgIpc) is 3.01. The van der Waals surface area contributed by atoms with E-state index in [0.717, 1.165) is 50.4 Å². The molecular weight excluding hydrogens is 292 g/mol. The number of ether oxygens (including phenoxy) is 1. The third-order valence-electron chi connectivity index (χ3n) is 5.19. The number of amides is 1. The first-order valence-corrected chi connectivity index (χ1v) is 8.51. The second-order valence-electron chi connectivity index (χ2n) is 6.76. The molecule has 1 aromatic carbocycles. The van der Waals surface area contributed by atoms with Gasteiger partial charge in [0.2, 0.25) is 5.91 Å². The van der Waals surface area contributed by atoms with E-state index >= 15 is 0 Å². The molecule has 0 unspecified atom stereocenters. The van der Waals surface area contributed by atoms with Gasteiger partial charge in [-0.1, -0.05) is 12.8 Å². The highest BCUT2D eigenvalue weighted by Gasteiger charge is 2.41. The molecule has 0 atom stereocenters. The smallest absolute Gasteiger partial charge is 0.226 e. The topological polar surface area (TPSA) is 61.8 Å². The van der Waals surface area contributed by atoms with E-state index in [1.807, 2.05) is 6.92 Å². The lowest BCUT2D eigenvalue weighted by Crippen LogP contribution is -2.53. The van der Waals surface area contributed by atoms with Crippen LogP contribution in [0.4, 0.5) is 5.69 Å². The van der Waals surface area contributed by atoms with E-state index in [2.05, 4.69) is 10.2 Å². The van der Waals surface area contributed by atoms with Gasteiger partial charge in [-0.3, -0.25) is 9.69 Å². The summed E-state index contributed by atoms with van der Waals surface area (Å²) in [5.74, 6) is 0.285. The number of nitrogens with one attached hydrogen (secondary N) is 1. The van der Waals surface area contributed by atoms with E-state index in [9.17, 15) is 9.90 Å². The standard InChI is InChI=1S/C18H26N2O3/c1-14-12-15(21)4-5-16(14)19-17(22)13-18(6-2-3-7-18)20-8-10-23-11-9-20/h4-5,12,21H,2-3,6-11,13H2,1H3,(H,19,22). The van der Waals surface area contributed by atoms with Gasteiger partial charge in [0.05, 0.1) is 13.2 Å². The Morgan fingerprint density at radius 1 is 1.30 bits per heavy atom. The van der Waals surface area contributed by atoms with Crippen LogP contribution in [0.5, 0.6) is 5.75 Å². The third kappa shape index (κ3) is 3.67. The van der Waals surface area contributed by atoms with Crippen LogP contribution < -0.4 is 5.32 Å². The number of carbonyl (C=O) groups excluding carboxylic acids is 1. The molecule has 1 saturated heterocycles. The Kier molecular flexibility index (Phi) is 4.87. The summed E-state index contributed by atoms with van der Waals surface area (Å²) < 4.78 is 5.47. The molecule has 0 spiro atoms. The van der Waals surface area contributed by atoms with Crippen LogP contribution in [-0.4, -0.2) is 47.8 Å². The van der Waals surface area contributed by atoms with Gasteiger partial charge in [0.15, 0.2) is 0 Å². The summed E-state index contributed by atoms with van der Waals surface area (Å²) in [6.45, 7) is 5.26. The number of morpholine rings is 1. The highest BCUT2D eigenvalue weighted by molar-refractivity contribution is 5.92. The highest BCUT2D eigenvalue weighted by atomic mass is 16.5. The van der Waals surface area contributed by atoms with Crippen LogP contribution in [0.2, 0.25) is 0 Å². The molecule has 1 aromatic rings. The SMILES string of the molecule is Cc1cc(O)ccc1NC(=O)CC1(N2CCOCC2)CCCC1. The van der Waals surface area contributed by atoms with E-state index < -0.39 is 0 Å². The summed E-state index contributed by atoms with van der Waals surface area (Å²) in [6.07, 6.45) is 5.11. The maximum atomic E-state index is 12.6. The van der Waals surface area contributed by atoms with Crippen molar-refractivity contribution < 1.29 is 14.6 Å². The van der Waals surface area contributed by atoms with Gasteiger partial charge in [-0.2, -0.15) is 0 Å². The molecule has 2 aliphatic rings. The Balaban J connectivity index is 1.68. The molecule has 1 saturated carbocycles. The van der Waals surface area contributed by atoms with Crippen LogP contribution >= 0.6 is 0 Å². The fourth-order valence-corrected chi connectivity index (χ4v) is 3.96. The van der Waals surface area contributed by atoms with E-state index in [4.69, 9.17) is 4.74 Å². The molecule has 3 rings (SSSR count). The maximum absolute atomic E-state index is 12.6. The second kappa shape index (κ2) is 6.89. The minimum absolute atomic E-state index is 0.00130. The molecule has 1 aliphatic heterocycles. The van der Waals surface area contributed by atoms with Gasteiger partial charge < -0.3 is 15.2 Å². The Morgan fingerprint density at radius 2 is 2.00 bits per heavy atom. The van der Waals surface area contributed by atoms with E-state index in [1.165, 1.54) is 12.8 Å². The molecule has 0 bridgehead atoms. The molecule has 0 aromatic heterocycles. The van der Waals surface area contributed by atoms with Crippen LogP contribution in [0.15, 0.2) is 18.2 Å². The van der Waals surface area contributed by atoms with Crippen molar-refractivity contribution >= 4 is 11.6 Å². The molecule has 126 valence electrons. The van der Waals surface area contributed by atoms with Gasteiger partial charge in [0.1, 0.15) is 5.75 Å². The normalized spacial score (nSPS) is 21.3. The summed E-state index contributed by atoms with van der Waals surface area (Å²) in [4.78, 5) is 15.1. The summed E-state index contributed by atoms with van der Waals surface area (Å²) in [7, 11) is 0. The highest BCUT2D eigenvalue weighted by Crippen LogP contribution is 2.39. The molecular formula is C18H26N2O3. The van der Waals surface area contributed by atoms with Gasteiger partial charge in [-0.15, -0.1) is 0 Å². The largest absolute Gasteiger partial charge is 0.508 e. The Bertz CT molecular complexity index is 561. The van der Waals surface area contributed by atoms with Crippen molar-refractivity contribution in [2.24, 2.45) is 0 Å². The number of phenolic OH excluding ortho intramolecular Hbond substituents is 1. The van der Waals surface area contributed by atoms with Gasteiger partial charge >= 0.3 is 0 Å². The van der Waals surface area contributed by atoms with Crippen molar-refractivity contribution in [2.45, 2.75) is 44.6 Å². The number of hydrogen-bond acceptors (Lipinski definition) is 4. The number of hydrogen-bond donors (Lipinski definition) is 2. The van der Waals surface area contributed by atoms with Crippen molar-refractivity contribution in [3.05, 3.63) is 23.8 Å². The van der Waals surface area contributed by atoms with E-state index in [1.54, 1.807) is 18.2 Å². The minimum atomic E-state index is -0.00130. The van der Waals surface area contributed by atoms with Crippen molar-refractivity contribution in [1.29, 1.82) is 0 Å². The molecule has 0 radical (unpaired) electrons. The van der Waals surface area contributed by atoms with Crippen molar-refractivity contribution in [3.63, 3.8) is 0 Å². The summed E-state index contributed by atoms with van der Waals surface area (Å²) in [6, 6.07) is 5.04. The number of rotatable bonds is 4. The number of anilines is 1. The lowest BCUT2D eigenvalue weighted by atomic mass is 9.90. The molecule has 2 fully saturated rings. The lowest BCUT2D eigenvalue weighted by Gasteiger charge is -2.43. The van der Waals surface area contributed by atoms with Crippen molar-refractivity contribution in [2.75, 3.05) is 31.6 Å². The number of aryl methyl sites for hydroxylation is 1. The van der Waals surface area contributed by atoms with E-state index in [0.29, 0.717) is 6.42 Å². The molecule has 23 heavy (non-hydrogen) atoms. The second-order valence-corrected chi connectivity index (χ2v) is 6.76. The zero-order chi connectivity index (χ0) is 16.3. The average molecular weight is 318 g/mol. The molecule has 2 N–H and O–H groups in total. The number of carbonyl (C=O) groups is 1. The van der Waals surface area contributed by atoms with Crippen LogP contribution in [0.3, 0.4) is 0 Å². The molecule has 5 nitrogen and oxygen atoms in total. The lowest BCUT2D eigenvalue weighted by molar-refractivity contribution is -0.120. The number of nitrogens with zero attached hydrogens (tertiary/aromatic N) is 1. The summed E-state index contributed by atoms with van der Waals surface area (Å²) >= 11 is 0. The Morgan fingerprint density at radius 3 is 2.65 bits per heavy atom. The van der Waals surface area contributed by atoms with Gasteiger partial charge in [-0.05, 0) is 43.5 Å². The van der Waals surface area contributed by atoms with Crippen LogP contribution in [0, 0.1) is 6.92 Å². The van der Waals surface area contributed by atoms with Gasteiger partial charge in [0, 0.05) is 30.7 Å². The quantitative estimate of drug-likeness (QED) is 0.838. The van der Waals surface area contributed by atoms with E-state index in [-0.39, 0.29) is 17.2 Å². The first-order valence-electron chi connectivity index (χ1n) is 8.51. The molecule has 5 heteroatoms. The molecule has 1 amide bonds. The maximum Gasteiger partial charge on any atom is 0.226 e. The first-order chi connectivity index (χ1) is 11.1. The minimum Gasteiger partial charge on any atom is -0.508 e. The van der Waals surface area contributed by atoms with Crippen LogP contribution in [-0.2, 0) is 9.53 Å². The summed E-state index contributed by atoms with van der Waals surface area (Å²) in [5.41, 5.74) is 1.66.